The summed E-state index contributed by atoms with van der Waals surface area (Å²) >= 11 is 0. The second kappa shape index (κ2) is 9.66. The zero-order valence-electron chi connectivity index (χ0n) is 17.6. The Morgan fingerprint density at radius 3 is 1.42 bits per heavy atom. The number of para-hydroxylation sites is 1. The van der Waals surface area contributed by atoms with Crippen molar-refractivity contribution in [3.8, 4) is 23.0 Å². The molecule has 0 fully saturated rings. The van der Waals surface area contributed by atoms with Gasteiger partial charge >= 0.3 is 30.1 Å². The summed E-state index contributed by atoms with van der Waals surface area (Å²) in [7, 11) is 0. The van der Waals surface area contributed by atoms with Gasteiger partial charge in [-0.3, -0.25) is 0 Å². The van der Waals surface area contributed by atoms with Gasteiger partial charge in [-0.2, -0.15) is 13.2 Å². The third-order valence-electron chi connectivity index (χ3n) is 4.66. The quantitative estimate of drug-likeness (QED) is 0.323. The van der Waals surface area contributed by atoms with Crippen molar-refractivity contribution in [1.82, 2.24) is 0 Å². The van der Waals surface area contributed by atoms with Gasteiger partial charge in [0.05, 0.1) is 11.1 Å². The fourth-order valence-electron chi connectivity index (χ4n) is 3.18. The standard InChI is InChI=1S/C23H13F3O10/c24-23(25,26)12-6-3-9-15(35-13-7-1-4-10(19(27)28)16(13)21(31)32)18(12)36-14-8-2-5-11(20(29)30)17(14)22(33)34/h1-9H,(H,27,28)(H,29,30)(H,31,32)(H,33,34). The number of ether oxygens (including phenoxy) is 2. The van der Waals surface area contributed by atoms with Crippen molar-refractivity contribution in [2.24, 2.45) is 0 Å². The van der Waals surface area contributed by atoms with Gasteiger partial charge in [-0.15, -0.1) is 0 Å². The van der Waals surface area contributed by atoms with Crippen LogP contribution >= 0.6 is 0 Å². The summed E-state index contributed by atoms with van der Waals surface area (Å²) in [5.41, 5.74) is -4.77. The van der Waals surface area contributed by atoms with Crippen molar-refractivity contribution in [3.05, 3.63) is 82.4 Å². The molecule has 10 nitrogen and oxygen atoms in total. The van der Waals surface area contributed by atoms with Gasteiger partial charge in [-0.1, -0.05) is 18.2 Å². The summed E-state index contributed by atoms with van der Waals surface area (Å²) in [6.07, 6.45) is -5.08. The zero-order chi connectivity index (χ0) is 26.8. The molecule has 36 heavy (non-hydrogen) atoms. The molecule has 4 N–H and O–H groups in total. The molecule has 0 aliphatic carbocycles. The van der Waals surface area contributed by atoms with Gasteiger partial charge in [0, 0.05) is 0 Å². The molecule has 3 rings (SSSR count). The van der Waals surface area contributed by atoms with Gasteiger partial charge in [0.15, 0.2) is 11.5 Å². The first-order chi connectivity index (χ1) is 16.8. The molecule has 0 saturated carbocycles. The van der Waals surface area contributed by atoms with Crippen LogP contribution < -0.4 is 9.47 Å². The molecular formula is C23H13F3O10. The highest BCUT2D eigenvalue weighted by Crippen LogP contribution is 2.46. The van der Waals surface area contributed by atoms with Crippen molar-refractivity contribution in [3.63, 3.8) is 0 Å². The van der Waals surface area contributed by atoms with Crippen LogP contribution in [0, 0.1) is 0 Å². The Morgan fingerprint density at radius 2 is 1.00 bits per heavy atom. The Morgan fingerprint density at radius 1 is 0.583 bits per heavy atom. The molecule has 0 aromatic heterocycles. The highest BCUT2D eigenvalue weighted by Gasteiger charge is 2.37. The van der Waals surface area contributed by atoms with E-state index in [2.05, 4.69) is 0 Å². The molecule has 0 aliphatic rings. The van der Waals surface area contributed by atoms with Crippen LogP contribution in [0.3, 0.4) is 0 Å². The Kier molecular flexibility index (Phi) is 6.85. The number of benzene rings is 3. The molecule has 0 radical (unpaired) electrons. The predicted molar refractivity (Wildman–Crippen MR) is 112 cm³/mol. The Hall–Kier alpha value is -5.07. The Bertz CT molecular complexity index is 1400. The molecule has 186 valence electrons. The molecule has 0 amide bonds. The van der Waals surface area contributed by atoms with Gasteiger partial charge < -0.3 is 29.9 Å². The molecule has 0 saturated heterocycles. The van der Waals surface area contributed by atoms with Crippen molar-refractivity contribution in [2.45, 2.75) is 6.18 Å². The van der Waals surface area contributed by atoms with E-state index < -0.39 is 80.9 Å². The second-order valence-electron chi connectivity index (χ2n) is 6.91. The number of carboxylic acid groups (broad SMARTS) is 4. The number of hydrogen-bond acceptors (Lipinski definition) is 6. The molecule has 13 heteroatoms. The van der Waals surface area contributed by atoms with E-state index in [1.807, 2.05) is 0 Å². The molecule has 3 aromatic rings. The largest absolute Gasteiger partial charge is 0.478 e. The highest BCUT2D eigenvalue weighted by atomic mass is 19.4. The van der Waals surface area contributed by atoms with E-state index in [4.69, 9.17) is 9.47 Å². The van der Waals surface area contributed by atoms with Crippen LogP contribution in [-0.4, -0.2) is 44.3 Å². The van der Waals surface area contributed by atoms with Gasteiger partial charge in [-0.05, 0) is 36.4 Å². The molecule has 0 atom stereocenters. The summed E-state index contributed by atoms with van der Waals surface area (Å²) in [5.74, 6) is -10.2. The average molecular weight is 506 g/mol. The topological polar surface area (TPSA) is 168 Å². The van der Waals surface area contributed by atoms with E-state index in [9.17, 15) is 52.8 Å². The minimum Gasteiger partial charge on any atom is -0.478 e. The van der Waals surface area contributed by atoms with Crippen LogP contribution in [0.1, 0.15) is 47.0 Å². The maximum Gasteiger partial charge on any atom is 0.420 e. The first-order valence-corrected chi connectivity index (χ1v) is 9.58. The maximum absolute atomic E-state index is 13.8. The molecular weight excluding hydrogens is 493 g/mol. The summed E-state index contributed by atoms with van der Waals surface area (Å²) in [4.78, 5) is 46.2. The van der Waals surface area contributed by atoms with Crippen LogP contribution in [0.5, 0.6) is 23.0 Å². The Labute approximate surface area is 198 Å². The highest BCUT2D eigenvalue weighted by molar-refractivity contribution is 6.04. The fraction of sp³-hybridized carbons (Fsp3) is 0.0435. The third-order valence-corrected chi connectivity index (χ3v) is 4.66. The zero-order valence-corrected chi connectivity index (χ0v) is 17.6. The molecule has 0 heterocycles. The van der Waals surface area contributed by atoms with Crippen LogP contribution in [0.2, 0.25) is 0 Å². The number of aromatic carboxylic acids is 4. The lowest BCUT2D eigenvalue weighted by molar-refractivity contribution is -0.138. The molecule has 0 aliphatic heterocycles. The normalized spacial score (nSPS) is 11.0. The van der Waals surface area contributed by atoms with Gasteiger partial charge in [0.2, 0.25) is 0 Å². The third kappa shape index (κ3) is 5.04. The summed E-state index contributed by atoms with van der Waals surface area (Å²) in [6, 6.07) is 8.28. The number of hydrogen-bond donors (Lipinski definition) is 4. The van der Waals surface area contributed by atoms with Crippen LogP contribution in [0.4, 0.5) is 13.2 Å². The Balaban J connectivity index is 2.25. The van der Waals surface area contributed by atoms with Crippen molar-refractivity contribution >= 4 is 23.9 Å². The van der Waals surface area contributed by atoms with Crippen LogP contribution in [0.15, 0.2) is 54.6 Å². The van der Waals surface area contributed by atoms with E-state index in [-0.39, 0.29) is 0 Å². The van der Waals surface area contributed by atoms with Gasteiger partial charge in [0.25, 0.3) is 0 Å². The predicted octanol–water partition coefficient (Wildman–Crippen LogP) is 5.08. The molecule has 3 aromatic carbocycles. The van der Waals surface area contributed by atoms with E-state index in [1.54, 1.807) is 0 Å². The molecule has 0 bridgehead atoms. The fourth-order valence-corrected chi connectivity index (χ4v) is 3.18. The van der Waals surface area contributed by atoms with Crippen molar-refractivity contribution in [1.29, 1.82) is 0 Å². The van der Waals surface area contributed by atoms with Gasteiger partial charge in [-0.25, -0.2) is 19.2 Å². The molecule has 0 spiro atoms. The summed E-state index contributed by atoms with van der Waals surface area (Å²) in [5, 5.41) is 37.5. The van der Waals surface area contributed by atoms with E-state index in [1.165, 1.54) is 0 Å². The SMILES string of the molecule is O=C(O)c1cccc(Oc2cccc(C(F)(F)F)c2Oc2cccc(C(=O)O)c2C(=O)O)c1C(=O)O. The molecule has 0 unspecified atom stereocenters. The number of carboxylic acids is 4. The smallest absolute Gasteiger partial charge is 0.420 e. The van der Waals surface area contributed by atoms with Crippen LogP contribution in [-0.2, 0) is 6.18 Å². The van der Waals surface area contributed by atoms with E-state index in [0.29, 0.717) is 6.07 Å². The number of rotatable bonds is 8. The number of carbonyl (C=O) groups is 4. The average Bonchev–Trinajstić information content (AvgIpc) is 2.78. The minimum absolute atomic E-state index is 0.565. The monoisotopic (exact) mass is 506 g/mol. The minimum atomic E-state index is -5.08. The second-order valence-corrected chi connectivity index (χ2v) is 6.91. The van der Waals surface area contributed by atoms with E-state index >= 15 is 0 Å². The van der Waals surface area contributed by atoms with E-state index in [0.717, 1.165) is 48.5 Å². The summed E-state index contributed by atoms with van der Waals surface area (Å²) in [6.45, 7) is 0. The number of halogens is 3. The maximum atomic E-state index is 13.8. The lowest BCUT2D eigenvalue weighted by atomic mass is 10.1. The first kappa shape index (κ1) is 25.6. The number of alkyl halides is 3. The van der Waals surface area contributed by atoms with Crippen molar-refractivity contribution in [2.75, 3.05) is 0 Å². The lowest BCUT2D eigenvalue weighted by Gasteiger charge is -2.19. The lowest BCUT2D eigenvalue weighted by Crippen LogP contribution is -2.12. The summed E-state index contributed by atoms with van der Waals surface area (Å²) < 4.78 is 52.0. The van der Waals surface area contributed by atoms with Crippen LogP contribution in [0.25, 0.3) is 0 Å². The van der Waals surface area contributed by atoms with Crippen molar-refractivity contribution < 1.29 is 62.2 Å². The van der Waals surface area contributed by atoms with Gasteiger partial charge in [0.1, 0.15) is 28.2 Å². The first-order valence-electron chi connectivity index (χ1n) is 9.58.